The van der Waals surface area contributed by atoms with Crippen molar-refractivity contribution in [2.24, 2.45) is 0 Å². The van der Waals surface area contributed by atoms with Crippen molar-refractivity contribution in [1.82, 2.24) is 15.1 Å². The molecule has 1 N–H and O–H groups in total. The van der Waals surface area contributed by atoms with E-state index in [2.05, 4.69) is 48.0 Å². The van der Waals surface area contributed by atoms with E-state index in [9.17, 15) is 9.59 Å². The molecular weight excluding hydrogens is 350 g/mol. The second-order valence-corrected chi connectivity index (χ2v) is 7.53. The fourth-order valence-corrected chi connectivity index (χ4v) is 3.99. The second kappa shape index (κ2) is 7.60. The maximum Gasteiger partial charge on any atom is 0.259 e. The Morgan fingerprint density at radius 3 is 2.54 bits per heavy atom. The lowest BCUT2D eigenvalue weighted by molar-refractivity contribution is -0.121. The molecule has 2 heterocycles. The van der Waals surface area contributed by atoms with Gasteiger partial charge in [-0.3, -0.25) is 19.4 Å². The Morgan fingerprint density at radius 2 is 1.79 bits per heavy atom. The quantitative estimate of drug-likeness (QED) is 0.874. The predicted molar refractivity (Wildman–Crippen MR) is 110 cm³/mol. The standard InChI is InChI=1S/C23H25N3O2/c1-16(25-12-11-18-7-3-4-8-19(18)14-25)13-24-22(27)15-26-17(2)20-9-5-6-10-21(20)23(26)28/h3-10,16H,2,11-15H2,1H3,(H,24,27). The van der Waals surface area contributed by atoms with Crippen LogP contribution in [0.15, 0.2) is 55.1 Å². The van der Waals surface area contributed by atoms with Gasteiger partial charge in [0.05, 0.1) is 0 Å². The van der Waals surface area contributed by atoms with Gasteiger partial charge in [-0.25, -0.2) is 0 Å². The Balaban J connectivity index is 1.31. The molecule has 0 radical (unpaired) electrons. The van der Waals surface area contributed by atoms with Crippen molar-refractivity contribution in [2.45, 2.75) is 25.9 Å². The lowest BCUT2D eigenvalue weighted by Crippen LogP contribution is -2.46. The number of hydrogen-bond donors (Lipinski definition) is 1. The predicted octanol–water partition coefficient (Wildman–Crippen LogP) is 2.68. The highest BCUT2D eigenvalue weighted by molar-refractivity contribution is 6.10. The van der Waals surface area contributed by atoms with E-state index in [1.165, 1.54) is 16.0 Å². The normalized spacial score (nSPS) is 17.2. The van der Waals surface area contributed by atoms with E-state index < -0.39 is 0 Å². The first kappa shape index (κ1) is 18.4. The lowest BCUT2D eigenvalue weighted by atomic mass is 9.99. The molecule has 0 saturated carbocycles. The van der Waals surface area contributed by atoms with Gasteiger partial charge in [-0.05, 0) is 30.5 Å². The van der Waals surface area contributed by atoms with E-state index >= 15 is 0 Å². The fraction of sp³-hybridized carbons (Fsp3) is 0.304. The summed E-state index contributed by atoms with van der Waals surface area (Å²) in [6.07, 6.45) is 1.04. The van der Waals surface area contributed by atoms with Crippen molar-refractivity contribution in [3.63, 3.8) is 0 Å². The van der Waals surface area contributed by atoms with Crippen LogP contribution in [0.5, 0.6) is 0 Å². The third-order valence-electron chi connectivity index (χ3n) is 5.72. The molecule has 2 amide bonds. The Bertz CT molecular complexity index is 902. The number of carbonyl (C=O) groups excluding carboxylic acids is 2. The van der Waals surface area contributed by atoms with Gasteiger partial charge in [0.25, 0.3) is 5.91 Å². The highest BCUT2D eigenvalue weighted by Gasteiger charge is 2.32. The number of amides is 2. The van der Waals surface area contributed by atoms with Crippen LogP contribution in [-0.2, 0) is 17.8 Å². The Kier molecular flexibility index (Phi) is 5.01. The molecule has 1 atom stereocenters. The summed E-state index contributed by atoms with van der Waals surface area (Å²) in [4.78, 5) is 28.8. The zero-order chi connectivity index (χ0) is 19.7. The van der Waals surface area contributed by atoms with Gasteiger partial charge in [0.15, 0.2) is 0 Å². The molecule has 0 bridgehead atoms. The summed E-state index contributed by atoms with van der Waals surface area (Å²) in [5.41, 5.74) is 4.79. The van der Waals surface area contributed by atoms with Crippen LogP contribution in [-0.4, -0.2) is 47.3 Å². The molecule has 2 aromatic rings. The summed E-state index contributed by atoms with van der Waals surface area (Å²) < 4.78 is 0. The summed E-state index contributed by atoms with van der Waals surface area (Å²) in [5.74, 6) is -0.317. The number of carbonyl (C=O) groups is 2. The summed E-state index contributed by atoms with van der Waals surface area (Å²) in [6.45, 7) is 8.57. The number of nitrogens with zero attached hydrogens (tertiary/aromatic N) is 2. The third-order valence-corrected chi connectivity index (χ3v) is 5.72. The lowest BCUT2D eigenvalue weighted by Gasteiger charge is -2.33. The molecule has 5 heteroatoms. The van der Waals surface area contributed by atoms with Crippen LogP contribution in [0.4, 0.5) is 0 Å². The van der Waals surface area contributed by atoms with Gasteiger partial charge in [0.1, 0.15) is 6.54 Å². The maximum atomic E-state index is 12.5. The first-order chi connectivity index (χ1) is 13.5. The Hall–Kier alpha value is -2.92. The largest absolute Gasteiger partial charge is 0.353 e. The number of hydrogen-bond acceptors (Lipinski definition) is 3. The van der Waals surface area contributed by atoms with E-state index in [4.69, 9.17) is 0 Å². The average molecular weight is 375 g/mol. The van der Waals surface area contributed by atoms with Gasteiger partial charge in [-0.1, -0.05) is 49.0 Å². The molecule has 4 rings (SSSR count). The van der Waals surface area contributed by atoms with Gasteiger partial charge in [0, 0.05) is 42.5 Å². The monoisotopic (exact) mass is 375 g/mol. The first-order valence-electron chi connectivity index (χ1n) is 9.72. The van der Waals surface area contributed by atoms with Crippen molar-refractivity contribution < 1.29 is 9.59 Å². The van der Waals surface area contributed by atoms with Crippen LogP contribution in [0.1, 0.15) is 34.0 Å². The molecule has 144 valence electrons. The smallest absolute Gasteiger partial charge is 0.259 e. The van der Waals surface area contributed by atoms with Gasteiger partial charge in [-0.15, -0.1) is 0 Å². The molecule has 0 saturated heterocycles. The van der Waals surface area contributed by atoms with E-state index in [0.717, 1.165) is 25.1 Å². The van der Waals surface area contributed by atoms with Crippen molar-refractivity contribution in [3.05, 3.63) is 77.4 Å². The molecule has 0 aliphatic carbocycles. The van der Waals surface area contributed by atoms with E-state index in [-0.39, 0.29) is 24.4 Å². The molecule has 0 spiro atoms. The Morgan fingerprint density at radius 1 is 1.11 bits per heavy atom. The van der Waals surface area contributed by atoms with Crippen molar-refractivity contribution in [3.8, 4) is 0 Å². The first-order valence-corrected chi connectivity index (χ1v) is 9.72. The molecular formula is C23H25N3O2. The molecule has 28 heavy (non-hydrogen) atoms. The molecule has 0 fully saturated rings. The Labute approximate surface area is 165 Å². The highest BCUT2D eigenvalue weighted by Crippen LogP contribution is 2.30. The average Bonchev–Trinajstić information content (AvgIpc) is 2.97. The molecule has 2 aliphatic rings. The van der Waals surface area contributed by atoms with Crippen molar-refractivity contribution in [2.75, 3.05) is 19.6 Å². The zero-order valence-corrected chi connectivity index (χ0v) is 16.1. The van der Waals surface area contributed by atoms with Crippen LogP contribution >= 0.6 is 0 Å². The number of benzene rings is 2. The van der Waals surface area contributed by atoms with Crippen LogP contribution in [0.25, 0.3) is 5.70 Å². The molecule has 0 aromatic heterocycles. The fourth-order valence-electron chi connectivity index (χ4n) is 3.99. The molecule has 1 unspecified atom stereocenters. The summed E-state index contributed by atoms with van der Waals surface area (Å²) >= 11 is 0. The minimum atomic E-state index is -0.161. The van der Waals surface area contributed by atoms with Crippen LogP contribution < -0.4 is 5.32 Å². The van der Waals surface area contributed by atoms with Crippen LogP contribution in [0.3, 0.4) is 0 Å². The van der Waals surface area contributed by atoms with Gasteiger partial charge in [0.2, 0.25) is 5.91 Å². The molecule has 5 nitrogen and oxygen atoms in total. The van der Waals surface area contributed by atoms with Gasteiger partial charge in [-0.2, -0.15) is 0 Å². The topological polar surface area (TPSA) is 52.7 Å². The van der Waals surface area contributed by atoms with Crippen LogP contribution in [0.2, 0.25) is 0 Å². The number of nitrogens with one attached hydrogen (secondary N) is 1. The van der Waals surface area contributed by atoms with Gasteiger partial charge < -0.3 is 5.32 Å². The minimum absolute atomic E-state index is 0.00189. The second-order valence-electron chi connectivity index (χ2n) is 7.53. The number of rotatable bonds is 5. The van der Waals surface area contributed by atoms with Crippen LogP contribution in [0, 0.1) is 0 Å². The minimum Gasteiger partial charge on any atom is -0.353 e. The van der Waals surface area contributed by atoms with E-state index in [1.807, 2.05) is 18.2 Å². The molecule has 2 aliphatic heterocycles. The summed E-state index contributed by atoms with van der Waals surface area (Å²) in [5, 5.41) is 2.98. The summed E-state index contributed by atoms with van der Waals surface area (Å²) in [6, 6.07) is 16.1. The number of fused-ring (bicyclic) bond motifs is 2. The zero-order valence-electron chi connectivity index (χ0n) is 16.1. The summed E-state index contributed by atoms with van der Waals surface area (Å²) in [7, 11) is 0. The van der Waals surface area contributed by atoms with Crippen molar-refractivity contribution in [1.29, 1.82) is 0 Å². The molecule has 2 aromatic carbocycles. The highest BCUT2D eigenvalue weighted by atomic mass is 16.2. The SMILES string of the molecule is C=C1c2ccccc2C(=O)N1CC(=O)NCC(C)N1CCc2ccccc2C1. The van der Waals surface area contributed by atoms with E-state index in [0.29, 0.717) is 17.8 Å². The van der Waals surface area contributed by atoms with E-state index in [1.54, 1.807) is 6.07 Å². The third kappa shape index (κ3) is 3.45. The van der Waals surface area contributed by atoms with Gasteiger partial charge >= 0.3 is 0 Å². The van der Waals surface area contributed by atoms with Crippen molar-refractivity contribution >= 4 is 17.5 Å². The maximum absolute atomic E-state index is 12.5.